The third-order valence-corrected chi connectivity index (χ3v) is 7.74. The zero-order valence-corrected chi connectivity index (χ0v) is 24.5. The predicted octanol–water partition coefficient (Wildman–Crippen LogP) is 2.27. The van der Waals surface area contributed by atoms with Crippen molar-refractivity contribution in [3.8, 4) is 0 Å². The highest BCUT2D eigenvalue weighted by molar-refractivity contribution is 9.10. The average Bonchev–Trinajstić information content (AvgIpc) is 3.47. The molecule has 1 fully saturated rings. The minimum atomic E-state index is -0.500. The van der Waals surface area contributed by atoms with Gasteiger partial charge >= 0.3 is 0 Å². The number of halogens is 1. The van der Waals surface area contributed by atoms with Crippen LogP contribution in [0, 0.1) is 0 Å². The Kier molecular flexibility index (Phi) is 8.63. The van der Waals surface area contributed by atoms with Crippen molar-refractivity contribution >= 4 is 50.0 Å². The summed E-state index contributed by atoms with van der Waals surface area (Å²) in [6, 6.07) is 0. The standard InChI is InChI=1S/C23H34BrN9O3S/c1-23(2,3)20-27-28-21(37-20)26-19(34)16-13-17(30(4)7-10-35-6)25-22(32-8-11-36-12-9-32)33(16)18-15(24)14-31(5)29-18/h13-14,22H,7-12H2,1-6H3,(H,26,28,34). The third-order valence-electron chi connectivity index (χ3n) is 5.91. The summed E-state index contributed by atoms with van der Waals surface area (Å²) in [5, 5.41) is 17.4. The number of likely N-dealkylation sites (N-methyl/N-ethyl adjacent to an activating group) is 1. The minimum Gasteiger partial charge on any atom is -0.383 e. The Balaban J connectivity index is 1.75. The normalized spacial score (nSPS) is 19.0. The maximum absolute atomic E-state index is 13.9. The van der Waals surface area contributed by atoms with E-state index in [0.717, 1.165) is 9.48 Å². The fraction of sp³-hybridized carbons (Fsp3) is 0.609. The van der Waals surface area contributed by atoms with Crippen LogP contribution in [0.15, 0.2) is 27.4 Å². The second-order valence-electron chi connectivity index (χ2n) is 9.89. The van der Waals surface area contributed by atoms with Gasteiger partial charge < -0.3 is 14.4 Å². The lowest BCUT2D eigenvalue weighted by atomic mass is 9.98. The van der Waals surface area contributed by atoms with Crippen LogP contribution in [0.5, 0.6) is 0 Å². The molecule has 1 amide bonds. The van der Waals surface area contributed by atoms with Crippen LogP contribution in [0.25, 0.3) is 0 Å². The molecule has 1 unspecified atom stereocenters. The topological polar surface area (TPSA) is 113 Å². The molecule has 37 heavy (non-hydrogen) atoms. The molecule has 2 aromatic heterocycles. The number of nitrogens with zero attached hydrogens (tertiary/aromatic N) is 8. The summed E-state index contributed by atoms with van der Waals surface area (Å²) in [6.07, 6.45) is 3.14. The molecule has 4 heterocycles. The van der Waals surface area contributed by atoms with Crippen LogP contribution in [0.1, 0.15) is 25.8 Å². The lowest BCUT2D eigenvalue weighted by molar-refractivity contribution is -0.113. The van der Waals surface area contributed by atoms with Gasteiger partial charge in [-0.25, -0.2) is 4.99 Å². The smallest absolute Gasteiger partial charge is 0.274 e. The van der Waals surface area contributed by atoms with E-state index in [9.17, 15) is 4.79 Å². The zero-order valence-electron chi connectivity index (χ0n) is 22.1. The van der Waals surface area contributed by atoms with Crippen molar-refractivity contribution in [1.29, 1.82) is 0 Å². The number of amidine groups is 1. The molecular weight excluding hydrogens is 562 g/mol. The Morgan fingerprint density at radius 3 is 2.65 bits per heavy atom. The highest BCUT2D eigenvalue weighted by Crippen LogP contribution is 2.34. The van der Waals surface area contributed by atoms with Gasteiger partial charge in [0.25, 0.3) is 5.91 Å². The number of carbonyl (C=O) groups excluding carboxylic acids is 1. The van der Waals surface area contributed by atoms with E-state index in [4.69, 9.17) is 14.5 Å². The summed E-state index contributed by atoms with van der Waals surface area (Å²) in [7, 11) is 5.44. The Morgan fingerprint density at radius 1 is 1.32 bits per heavy atom. The van der Waals surface area contributed by atoms with E-state index < -0.39 is 6.29 Å². The molecule has 0 aliphatic carbocycles. The number of morpholine rings is 1. The van der Waals surface area contributed by atoms with E-state index in [1.165, 1.54) is 11.3 Å². The number of aryl methyl sites for hydroxylation is 1. The molecule has 0 radical (unpaired) electrons. The summed E-state index contributed by atoms with van der Waals surface area (Å²) < 4.78 is 13.3. The summed E-state index contributed by atoms with van der Waals surface area (Å²) >= 11 is 5.00. The number of amides is 1. The highest BCUT2D eigenvalue weighted by atomic mass is 79.9. The first-order chi connectivity index (χ1) is 17.6. The van der Waals surface area contributed by atoms with Crippen molar-refractivity contribution < 1.29 is 14.3 Å². The number of methoxy groups -OCH3 is 1. The fourth-order valence-electron chi connectivity index (χ4n) is 3.88. The first-order valence-corrected chi connectivity index (χ1v) is 13.6. The van der Waals surface area contributed by atoms with Crippen molar-refractivity contribution in [3.05, 3.63) is 27.5 Å². The van der Waals surface area contributed by atoms with E-state index in [1.807, 2.05) is 30.1 Å². The van der Waals surface area contributed by atoms with Crippen molar-refractivity contribution in [2.75, 3.05) is 63.8 Å². The monoisotopic (exact) mass is 595 g/mol. The van der Waals surface area contributed by atoms with Gasteiger partial charge in [-0.1, -0.05) is 32.1 Å². The maximum Gasteiger partial charge on any atom is 0.274 e. The van der Waals surface area contributed by atoms with E-state index in [2.05, 4.69) is 62.2 Å². The SMILES string of the molecule is COCCN(C)C1=NC(N2CCOCC2)N(c2nn(C)cc2Br)C(C(=O)Nc2nnc(C(C)(C)C)s2)=C1. The van der Waals surface area contributed by atoms with Crippen molar-refractivity contribution in [2.45, 2.75) is 32.5 Å². The first-order valence-electron chi connectivity index (χ1n) is 12.0. The van der Waals surface area contributed by atoms with Crippen molar-refractivity contribution in [2.24, 2.45) is 12.0 Å². The summed E-state index contributed by atoms with van der Waals surface area (Å²) in [4.78, 5) is 25.0. The molecule has 12 nitrogen and oxygen atoms in total. The van der Waals surface area contributed by atoms with Crippen LogP contribution >= 0.6 is 27.3 Å². The average molecular weight is 597 g/mol. The number of aromatic nitrogens is 4. The number of hydrogen-bond acceptors (Lipinski definition) is 11. The molecule has 2 aromatic rings. The summed E-state index contributed by atoms with van der Waals surface area (Å²) in [6.45, 7) is 9.86. The van der Waals surface area contributed by atoms with Crippen molar-refractivity contribution in [3.63, 3.8) is 0 Å². The van der Waals surface area contributed by atoms with Crippen molar-refractivity contribution in [1.82, 2.24) is 29.8 Å². The van der Waals surface area contributed by atoms with Gasteiger partial charge in [0, 0.05) is 58.5 Å². The summed E-state index contributed by atoms with van der Waals surface area (Å²) in [5.74, 6) is 0.949. The number of anilines is 2. The van der Waals surface area contributed by atoms with Crippen LogP contribution in [0.3, 0.4) is 0 Å². The molecule has 4 rings (SSSR count). The van der Waals surface area contributed by atoms with Crippen LogP contribution in [-0.4, -0.2) is 101 Å². The highest BCUT2D eigenvalue weighted by Gasteiger charge is 2.38. The predicted molar refractivity (Wildman–Crippen MR) is 147 cm³/mol. The van der Waals surface area contributed by atoms with Gasteiger partial charge in [0.05, 0.1) is 24.3 Å². The quantitative estimate of drug-likeness (QED) is 0.515. The molecule has 1 saturated heterocycles. The number of nitrogens with one attached hydrogen (secondary N) is 1. The lowest BCUT2D eigenvalue weighted by Gasteiger charge is -2.42. The number of hydrogen-bond donors (Lipinski definition) is 1. The Morgan fingerprint density at radius 2 is 2.05 bits per heavy atom. The zero-order chi connectivity index (χ0) is 26.7. The minimum absolute atomic E-state index is 0.166. The molecule has 0 bridgehead atoms. The summed E-state index contributed by atoms with van der Waals surface area (Å²) in [5.41, 5.74) is 0.235. The molecule has 1 atom stereocenters. The molecular formula is C23H34BrN9O3S. The van der Waals surface area contributed by atoms with Gasteiger partial charge in [0.1, 0.15) is 16.5 Å². The van der Waals surface area contributed by atoms with Gasteiger partial charge in [-0.2, -0.15) is 5.10 Å². The second-order valence-corrected chi connectivity index (χ2v) is 11.7. The third kappa shape index (κ3) is 6.37. The molecule has 0 spiro atoms. The van der Waals surface area contributed by atoms with E-state index in [1.54, 1.807) is 17.9 Å². The molecule has 202 valence electrons. The molecule has 14 heteroatoms. The lowest BCUT2D eigenvalue weighted by Crippen LogP contribution is -2.55. The van der Waals surface area contributed by atoms with Gasteiger partial charge in [-0.3, -0.25) is 24.6 Å². The molecule has 1 N–H and O–H groups in total. The van der Waals surface area contributed by atoms with Gasteiger partial charge in [0.2, 0.25) is 5.13 Å². The number of ether oxygens (including phenoxy) is 2. The number of carbonyl (C=O) groups is 1. The fourth-order valence-corrected chi connectivity index (χ4v) is 5.24. The van der Waals surface area contributed by atoms with Gasteiger partial charge in [-0.05, 0) is 15.9 Å². The Bertz CT molecular complexity index is 1170. The number of rotatable bonds is 7. The maximum atomic E-state index is 13.9. The first kappa shape index (κ1) is 27.6. The Labute approximate surface area is 229 Å². The van der Waals surface area contributed by atoms with Crippen LogP contribution < -0.4 is 10.2 Å². The molecule has 2 aliphatic rings. The molecule has 2 aliphatic heterocycles. The molecule has 0 saturated carbocycles. The van der Waals surface area contributed by atoms with Gasteiger partial charge in [-0.15, -0.1) is 10.2 Å². The van der Waals surface area contributed by atoms with E-state index in [0.29, 0.717) is 61.9 Å². The van der Waals surface area contributed by atoms with Crippen LogP contribution in [0.4, 0.5) is 10.9 Å². The molecule has 0 aromatic carbocycles. The van der Waals surface area contributed by atoms with Gasteiger partial charge in [0.15, 0.2) is 12.1 Å². The van der Waals surface area contributed by atoms with Crippen LogP contribution in [-0.2, 0) is 26.7 Å². The Hall–Kier alpha value is -2.39. The van der Waals surface area contributed by atoms with E-state index in [-0.39, 0.29) is 11.3 Å². The van der Waals surface area contributed by atoms with E-state index >= 15 is 0 Å². The largest absolute Gasteiger partial charge is 0.383 e. The van der Waals surface area contributed by atoms with Crippen LogP contribution in [0.2, 0.25) is 0 Å². The second kappa shape index (κ2) is 11.6. The number of aliphatic imine (C=N–C) groups is 1.